The van der Waals surface area contributed by atoms with Crippen LogP contribution in [0.3, 0.4) is 0 Å². The topological polar surface area (TPSA) is 37.3 Å². The number of hydrogen-bond acceptors (Lipinski definition) is 1. The van der Waals surface area contributed by atoms with E-state index in [1.54, 1.807) is 0 Å². The smallest absolute Gasteiger partial charge is 0.306 e. The monoisotopic (exact) mass is 424 g/mol. The first-order valence-electron chi connectivity index (χ1n) is 13.9. The van der Waals surface area contributed by atoms with Gasteiger partial charge < -0.3 is 5.11 Å². The maximum Gasteiger partial charge on any atom is 0.306 e. The van der Waals surface area contributed by atoms with Crippen molar-refractivity contribution in [3.63, 3.8) is 0 Å². The third kappa shape index (κ3) is 18.3. The van der Waals surface area contributed by atoms with E-state index in [-0.39, 0.29) is 5.92 Å². The quantitative estimate of drug-likeness (QED) is 0.156. The summed E-state index contributed by atoms with van der Waals surface area (Å²) in [7, 11) is 0. The molecule has 180 valence electrons. The number of carboxylic acids is 1. The van der Waals surface area contributed by atoms with Gasteiger partial charge >= 0.3 is 5.97 Å². The van der Waals surface area contributed by atoms with E-state index in [1.807, 2.05) is 0 Å². The van der Waals surface area contributed by atoms with Crippen LogP contribution >= 0.6 is 0 Å². The Morgan fingerprint density at radius 1 is 0.500 bits per heavy atom. The van der Waals surface area contributed by atoms with E-state index in [1.165, 1.54) is 116 Å². The number of rotatable bonds is 24. The maximum absolute atomic E-state index is 12.1. The van der Waals surface area contributed by atoms with Gasteiger partial charge in [-0.1, -0.05) is 143 Å². The van der Waals surface area contributed by atoms with Crippen LogP contribution in [0.1, 0.15) is 162 Å². The molecule has 0 rings (SSSR count). The summed E-state index contributed by atoms with van der Waals surface area (Å²) in [6.07, 6.45) is 27.8. The SMILES string of the molecule is CCCCCCCCCCC(C(=O)O)C(CCCCCC)CCCCCCCCC. The molecule has 0 saturated heterocycles. The van der Waals surface area contributed by atoms with Gasteiger partial charge in [-0.15, -0.1) is 0 Å². The molecule has 0 aromatic rings. The first kappa shape index (κ1) is 29.5. The third-order valence-electron chi connectivity index (χ3n) is 6.86. The van der Waals surface area contributed by atoms with Crippen molar-refractivity contribution in [2.24, 2.45) is 11.8 Å². The van der Waals surface area contributed by atoms with Crippen LogP contribution in [0.2, 0.25) is 0 Å². The Kier molecular flexibility index (Phi) is 22.7. The molecule has 0 radical (unpaired) electrons. The molecule has 2 heteroatoms. The summed E-state index contributed by atoms with van der Waals surface area (Å²) < 4.78 is 0. The molecular weight excluding hydrogens is 368 g/mol. The van der Waals surface area contributed by atoms with Crippen molar-refractivity contribution >= 4 is 5.97 Å². The van der Waals surface area contributed by atoms with Gasteiger partial charge in [0, 0.05) is 0 Å². The van der Waals surface area contributed by atoms with Gasteiger partial charge in [0.15, 0.2) is 0 Å². The summed E-state index contributed by atoms with van der Waals surface area (Å²) in [5, 5.41) is 9.95. The van der Waals surface area contributed by atoms with Crippen LogP contribution in [-0.2, 0) is 4.79 Å². The Morgan fingerprint density at radius 2 is 0.800 bits per heavy atom. The average molecular weight is 425 g/mol. The van der Waals surface area contributed by atoms with E-state index in [2.05, 4.69) is 20.8 Å². The molecule has 0 amide bonds. The number of carbonyl (C=O) groups is 1. The molecule has 0 aliphatic rings. The minimum absolute atomic E-state index is 0.105. The van der Waals surface area contributed by atoms with Crippen LogP contribution < -0.4 is 0 Å². The standard InChI is InChI=1S/C28H56O2/c1-4-7-10-13-15-17-19-22-25-27(28(29)30)26(23-20-12-9-6-3)24-21-18-16-14-11-8-5-2/h26-27H,4-25H2,1-3H3,(H,29,30). The molecule has 2 unspecified atom stereocenters. The summed E-state index contributed by atoms with van der Waals surface area (Å²) in [6.45, 7) is 6.77. The summed E-state index contributed by atoms with van der Waals surface area (Å²) in [5.41, 5.74) is 0. The molecule has 0 bridgehead atoms. The second kappa shape index (κ2) is 23.1. The molecule has 2 atom stereocenters. The van der Waals surface area contributed by atoms with Crippen molar-refractivity contribution in [2.45, 2.75) is 162 Å². The summed E-state index contributed by atoms with van der Waals surface area (Å²) in [6, 6.07) is 0. The maximum atomic E-state index is 12.1. The zero-order chi connectivity index (χ0) is 22.3. The highest BCUT2D eigenvalue weighted by Crippen LogP contribution is 2.30. The van der Waals surface area contributed by atoms with E-state index >= 15 is 0 Å². The highest BCUT2D eigenvalue weighted by molar-refractivity contribution is 5.70. The van der Waals surface area contributed by atoms with Gasteiger partial charge in [0.25, 0.3) is 0 Å². The second-order valence-electron chi connectivity index (χ2n) is 9.73. The first-order chi connectivity index (χ1) is 14.7. The predicted octanol–water partition coefficient (Wildman–Crippen LogP) is 9.95. The van der Waals surface area contributed by atoms with Crippen LogP contribution in [0.4, 0.5) is 0 Å². The molecule has 0 aliphatic heterocycles. The lowest BCUT2D eigenvalue weighted by Gasteiger charge is -2.24. The van der Waals surface area contributed by atoms with Crippen LogP contribution in [0.15, 0.2) is 0 Å². The average Bonchev–Trinajstić information content (AvgIpc) is 2.73. The Morgan fingerprint density at radius 3 is 1.17 bits per heavy atom. The largest absolute Gasteiger partial charge is 0.481 e. The molecule has 0 aromatic heterocycles. The molecule has 30 heavy (non-hydrogen) atoms. The van der Waals surface area contributed by atoms with Gasteiger partial charge in [-0.25, -0.2) is 0 Å². The van der Waals surface area contributed by atoms with Crippen molar-refractivity contribution in [1.29, 1.82) is 0 Å². The zero-order valence-electron chi connectivity index (χ0n) is 21.1. The van der Waals surface area contributed by atoms with Crippen molar-refractivity contribution in [1.82, 2.24) is 0 Å². The first-order valence-corrected chi connectivity index (χ1v) is 13.9. The lowest BCUT2D eigenvalue weighted by Crippen LogP contribution is -2.24. The Bertz CT molecular complexity index is 353. The minimum Gasteiger partial charge on any atom is -0.481 e. The molecule has 0 aromatic carbocycles. The van der Waals surface area contributed by atoms with Gasteiger partial charge in [-0.05, 0) is 25.2 Å². The van der Waals surface area contributed by atoms with E-state index in [4.69, 9.17) is 0 Å². The molecule has 0 fully saturated rings. The van der Waals surface area contributed by atoms with E-state index in [9.17, 15) is 9.90 Å². The van der Waals surface area contributed by atoms with Crippen molar-refractivity contribution in [3.05, 3.63) is 0 Å². The summed E-state index contributed by atoms with van der Waals surface area (Å²) >= 11 is 0. The molecule has 2 nitrogen and oxygen atoms in total. The lowest BCUT2D eigenvalue weighted by atomic mass is 9.80. The Labute approximate surface area is 190 Å². The van der Waals surface area contributed by atoms with Crippen molar-refractivity contribution in [2.75, 3.05) is 0 Å². The van der Waals surface area contributed by atoms with Crippen LogP contribution in [0.25, 0.3) is 0 Å². The van der Waals surface area contributed by atoms with Crippen molar-refractivity contribution < 1.29 is 9.90 Å². The lowest BCUT2D eigenvalue weighted by molar-refractivity contribution is -0.144. The molecule has 0 heterocycles. The minimum atomic E-state index is -0.526. The van der Waals surface area contributed by atoms with E-state index in [0.717, 1.165) is 25.7 Å². The van der Waals surface area contributed by atoms with Gasteiger partial charge in [0.05, 0.1) is 5.92 Å². The zero-order valence-corrected chi connectivity index (χ0v) is 21.1. The van der Waals surface area contributed by atoms with Gasteiger partial charge in [0.2, 0.25) is 0 Å². The molecule has 0 saturated carbocycles. The van der Waals surface area contributed by atoms with E-state index < -0.39 is 5.97 Å². The van der Waals surface area contributed by atoms with Crippen molar-refractivity contribution in [3.8, 4) is 0 Å². The van der Waals surface area contributed by atoms with Gasteiger partial charge in [-0.2, -0.15) is 0 Å². The number of hydrogen-bond donors (Lipinski definition) is 1. The van der Waals surface area contributed by atoms with E-state index in [0.29, 0.717) is 5.92 Å². The fourth-order valence-corrected chi connectivity index (χ4v) is 4.80. The Hall–Kier alpha value is -0.530. The normalized spacial score (nSPS) is 13.4. The fourth-order valence-electron chi connectivity index (χ4n) is 4.80. The van der Waals surface area contributed by atoms with Crippen LogP contribution in [-0.4, -0.2) is 11.1 Å². The third-order valence-corrected chi connectivity index (χ3v) is 6.86. The number of aliphatic carboxylic acids is 1. The highest BCUT2D eigenvalue weighted by Gasteiger charge is 2.26. The Balaban J connectivity index is 4.30. The molecule has 1 N–H and O–H groups in total. The second-order valence-corrected chi connectivity index (χ2v) is 9.73. The van der Waals surface area contributed by atoms with Gasteiger partial charge in [-0.3, -0.25) is 4.79 Å². The summed E-state index contributed by atoms with van der Waals surface area (Å²) in [4.78, 5) is 12.1. The fraction of sp³-hybridized carbons (Fsp3) is 0.964. The number of carboxylic acid groups (broad SMARTS) is 1. The van der Waals surface area contributed by atoms with Crippen LogP contribution in [0.5, 0.6) is 0 Å². The molecule has 0 aliphatic carbocycles. The summed E-state index contributed by atoms with van der Waals surface area (Å²) in [5.74, 6) is -0.229. The number of unbranched alkanes of at least 4 members (excludes halogenated alkanes) is 16. The predicted molar refractivity (Wildman–Crippen MR) is 133 cm³/mol. The van der Waals surface area contributed by atoms with Gasteiger partial charge in [0.1, 0.15) is 0 Å². The highest BCUT2D eigenvalue weighted by atomic mass is 16.4. The van der Waals surface area contributed by atoms with Crippen LogP contribution in [0, 0.1) is 11.8 Å². The molecular formula is C28H56O2. The molecule has 0 spiro atoms.